The molecule has 0 aliphatic carbocycles. The molecular formula is C21H29N7O3S3. The lowest BCUT2D eigenvalue weighted by Gasteiger charge is -2.35. The van der Waals surface area contributed by atoms with Gasteiger partial charge >= 0.3 is 0 Å². The molecule has 1 atom stereocenters. The van der Waals surface area contributed by atoms with Gasteiger partial charge in [-0.3, -0.25) is 9.69 Å². The summed E-state index contributed by atoms with van der Waals surface area (Å²) in [6.07, 6.45) is 1.90. The lowest BCUT2D eigenvalue weighted by molar-refractivity contribution is -0.115. The molecule has 184 valence electrons. The normalized spacial score (nSPS) is 16.6. The molecule has 3 aromatic heterocycles. The highest BCUT2D eigenvalue weighted by atomic mass is 32.2. The quantitative estimate of drug-likeness (QED) is 0.462. The van der Waals surface area contributed by atoms with Crippen LogP contribution in [0.2, 0.25) is 0 Å². The summed E-state index contributed by atoms with van der Waals surface area (Å²) in [6, 6.07) is 0.136. The second-order valence-electron chi connectivity index (χ2n) is 8.36. The minimum atomic E-state index is -3.66. The van der Waals surface area contributed by atoms with E-state index in [-0.39, 0.29) is 16.2 Å². The van der Waals surface area contributed by atoms with Crippen LogP contribution in [0.4, 0.5) is 10.9 Å². The molecule has 13 heteroatoms. The number of hydrogen-bond donors (Lipinski definition) is 2. The number of hydrogen-bond acceptors (Lipinski definition) is 10. The molecule has 0 saturated carbocycles. The van der Waals surface area contributed by atoms with Crippen molar-refractivity contribution < 1.29 is 13.2 Å². The van der Waals surface area contributed by atoms with Crippen molar-refractivity contribution in [3.8, 4) is 0 Å². The number of sulfonamides is 1. The second-order valence-corrected chi connectivity index (χ2v) is 12.4. The zero-order valence-electron chi connectivity index (χ0n) is 19.7. The number of aryl methyl sites for hydroxylation is 2. The van der Waals surface area contributed by atoms with E-state index in [1.54, 1.807) is 31.5 Å². The van der Waals surface area contributed by atoms with Crippen LogP contribution in [-0.4, -0.2) is 77.2 Å². The average molecular weight is 524 g/mol. The summed E-state index contributed by atoms with van der Waals surface area (Å²) in [7, 11) is -3.66. The van der Waals surface area contributed by atoms with E-state index >= 15 is 0 Å². The number of aromatic nitrogens is 3. The first-order chi connectivity index (χ1) is 16.2. The molecule has 2 N–H and O–H groups in total. The van der Waals surface area contributed by atoms with Gasteiger partial charge in [-0.05, 0) is 31.7 Å². The van der Waals surface area contributed by atoms with Gasteiger partial charge in [0.15, 0.2) is 9.34 Å². The second kappa shape index (κ2) is 10.2. The zero-order valence-corrected chi connectivity index (χ0v) is 22.1. The molecule has 1 saturated heterocycles. The van der Waals surface area contributed by atoms with Crippen LogP contribution in [0.1, 0.15) is 31.5 Å². The fraction of sp³-hybridized carbons (Fsp3) is 0.524. The van der Waals surface area contributed by atoms with Gasteiger partial charge in [0.25, 0.3) is 10.0 Å². The Hall–Kier alpha value is -2.19. The van der Waals surface area contributed by atoms with E-state index in [4.69, 9.17) is 0 Å². The standard InChI is InChI=1S/C21H29N7O3S3/c1-5-16(29)26-21-25-15(4)20(33-21)34(30,31)28-8-6-27(7-9-28)10-14(3)24-19-18-17(22-12-23-19)13(2)11-32-18/h11-12,14H,5-10H2,1-4H3,(H,22,23,24)(H,25,26,29)/t14-/m0/s1. The van der Waals surface area contributed by atoms with E-state index in [0.29, 0.717) is 43.4 Å². The Kier molecular flexibility index (Phi) is 7.48. The molecule has 1 amide bonds. The van der Waals surface area contributed by atoms with Crippen molar-refractivity contribution in [3.63, 3.8) is 0 Å². The van der Waals surface area contributed by atoms with Gasteiger partial charge in [-0.1, -0.05) is 18.3 Å². The maximum absolute atomic E-state index is 13.2. The summed E-state index contributed by atoms with van der Waals surface area (Å²) in [5, 5.41) is 8.54. The number of nitrogens with zero attached hydrogens (tertiary/aromatic N) is 5. The van der Waals surface area contributed by atoms with Gasteiger partial charge in [0.05, 0.1) is 15.9 Å². The van der Waals surface area contributed by atoms with Crippen LogP contribution < -0.4 is 10.6 Å². The van der Waals surface area contributed by atoms with Crippen molar-refractivity contribution in [2.24, 2.45) is 0 Å². The highest BCUT2D eigenvalue weighted by molar-refractivity contribution is 7.91. The number of anilines is 2. The van der Waals surface area contributed by atoms with Crippen molar-refractivity contribution in [1.29, 1.82) is 0 Å². The summed E-state index contributed by atoms with van der Waals surface area (Å²) in [4.78, 5) is 26.9. The predicted octanol–water partition coefficient (Wildman–Crippen LogP) is 2.92. The number of carbonyl (C=O) groups excluding carboxylic acids is 1. The average Bonchev–Trinajstić information content (AvgIpc) is 3.37. The van der Waals surface area contributed by atoms with Crippen LogP contribution in [0.15, 0.2) is 15.9 Å². The minimum absolute atomic E-state index is 0.136. The fourth-order valence-electron chi connectivity index (χ4n) is 3.89. The molecule has 1 fully saturated rings. The third-order valence-corrected chi connectivity index (χ3v) is 10.3. The van der Waals surface area contributed by atoms with E-state index in [2.05, 4.69) is 42.8 Å². The minimum Gasteiger partial charge on any atom is -0.365 e. The Labute approximate surface area is 207 Å². The maximum atomic E-state index is 13.2. The first-order valence-corrected chi connectivity index (χ1v) is 14.3. The van der Waals surface area contributed by atoms with Crippen LogP contribution in [0.5, 0.6) is 0 Å². The number of piperazine rings is 1. The molecule has 1 aliphatic heterocycles. The van der Waals surface area contributed by atoms with Gasteiger partial charge in [-0.15, -0.1) is 11.3 Å². The van der Waals surface area contributed by atoms with Crippen molar-refractivity contribution in [1.82, 2.24) is 24.2 Å². The van der Waals surface area contributed by atoms with Crippen LogP contribution >= 0.6 is 22.7 Å². The van der Waals surface area contributed by atoms with Gasteiger partial charge < -0.3 is 10.6 Å². The van der Waals surface area contributed by atoms with Gasteiger partial charge in [-0.2, -0.15) is 4.31 Å². The Balaban J connectivity index is 1.35. The lowest BCUT2D eigenvalue weighted by Crippen LogP contribution is -2.50. The third-order valence-electron chi connectivity index (χ3n) is 5.67. The van der Waals surface area contributed by atoms with E-state index in [1.807, 2.05) is 6.92 Å². The van der Waals surface area contributed by atoms with Crippen molar-refractivity contribution in [2.75, 3.05) is 43.4 Å². The molecular weight excluding hydrogens is 494 g/mol. The molecule has 0 unspecified atom stereocenters. The van der Waals surface area contributed by atoms with Gasteiger partial charge in [0, 0.05) is 45.2 Å². The summed E-state index contributed by atoms with van der Waals surface area (Å²) >= 11 is 2.65. The third kappa shape index (κ3) is 5.23. The van der Waals surface area contributed by atoms with Gasteiger partial charge in [0.1, 0.15) is 12.1 Å². The van der Waals surface area contributed by atoms with Crippen LogP contribution in [0.25, 0.3) is 10.2 Å². The summed E-state index contributed by atoms with van der Waals surface area (Å²) in [6.45, 7) is 10.4. The highest BCUT2D eigenvalue weighted by Crippen LogP contribution is 2.31. The molecule has 1 aliphatic rings. The molecule has 4 heterocycles. The molecule has 0 aromatic carbocycles. The van der Waals surface area contributed by atoms with E-state index in [9.17, 15) is 13.2 Å². The fourth-order valence-corrected chi connectivity index (χ4v) is 7.83. The largest absolute Gasteiger partial charge is 0.365 e. The Morgan fingerprint density at radius 2 is 1.94 bits per heavy atom. The molecule has 0 spiro atoms. The molecule has 0 radical (unpaired) electrons. The SMILES string of the molecule is CCC(=O)Nc1nc(C)c(S(=O)(=O)N2CCN(C[C@H](C)Nc3ncnc4c(C)csc34)CC2)s1. The van der Waals surface area contributed by atoms with E-state index in [1.165, 1.54) is 4.31 Å². The number of thiazole rings is 1. The van der Waals surface area contributed by atoms with E-state index < -0.39 is 10.0 Å². The first kappa shape index (κ1) is 24.9. The van der Waals surface area contributed by atoms with Crippen molar-refractivity contribution in [2.45, 2.75) is 44.4 Å². The molecule has 0 bridgehead atoms. The molecule has 3 aromatic rings. The van der Waals surface area contributed by atoms with Crippen LogP contribution in [0.3, 0.4) is 0 Å². The summed E-state index contributed by atoms with van der Waals surface area (Å²) < 4.78 is 29.2. The van der Waals surface area contributed by atoms with Gasteiger partial charge in [-0.25, -0.2) is 23.4 Å². The Morgan fingerprint density at radius 1 is 1.21 bits per heavy atom. The number of carbonyl (C=O) groups is 1. The first-order valence-electron chi connectivity index (χ1n) is 11.1. The summed E-state index contributed by atoms with van der Waals surface area (Å²) in [5.74, 6) is 0.648. The number of rotatable bonds is 8. The predicted molar refractivity (Wildman–Crippen MR) is 136 cm³/mol. The van der Waals surface area contributed by atoms with Crippen LogP contribution in [-0.2, 0) is 14.8 Å². The monoisotopic (exact) mass is 523 g/mol. The Bertz CT molecular complexity index is 1280. The molecule has 34 heavy (non-hydrogen) atoms. The number of nitrogens with one attached hydrogen (secondary N) is 2. The number of fused-ring (bicyclic) bond motifs is 1. The molecule has 10 nitrogen and oxygen atoms in total. The van der Waals surface area contributed by atoms with E-state index in [0.717, 1.165) is 39.5 Å². The van der Waals surface area contributed by atoms with Crippen molar-refractivity contribution in [3.05, 3.63) is 23.0 Å². The lowest BCUT2D eigenvalue weighted by atomic mass is 10.2. The number of thiophene rings is 1. The zero-order chi connectivity index (χ0) is 24.5. The van der Waals surface area contributed by atoms with Crippen LogP contribution in [0, 0.1) is 13.8 Å². The molecule has 4 rings (SSSR count). The topological polar surface area (TPSA) is 120 Å². The van der Waals surface area contributed by atoms with Gasteiger partial charge in [0.2, 0.25) is 5.91 Å². The van der Waals surface area contributed by atoms with Crippen molar-refractivity contribution >= 4 is 59.8 Å². The number of amides is 1. The highest BCUT2D eigenvalue weighted by Gasteiger charge is 2.32. The summed E-state index contributed by atoms with van der Waals surface area (Å²) in [5.41, 5.74) is 2.53. The maximum Gasteiger partial charge on any atom is 0.254 e. The smallest absolute Gasteiger partial charge is 0.254 e. The Morgan fingerprint density at radius 3 is 2.65 bits per heavy atom.